The quantitative estimate of drug-likeness (QED) is 0.401. The molecule has 0 saturated carbocycles. The molecule has 0 aliphatic heterocycles. The summed E-state index contributed by atoms with van der Waals surface area (Å²) in [7, 11) is 0. The molecule has 0 aliphatic carbocycles. The zero-order chi connectivity index (χ0) is 24.1. The molecular weight excluding hydrogens is 434 g/mol. The number of aromatic nitrogens is 3. The van der Waals surface area contributed by atoms with E-state index in [1.807, 2.05) is 13.8 Å². The number of amides is 2. The fraction of sp³-hybridized carbons (Fsp3) is 0.200. The van der Waals surface area contributed by atoms with Crippen LogP contribution in [0.3, 0.4) is 0 Å². The van der Waals surface area contributed by atoms with Crippen molar-refractivity contribution in [1.82, 2.24) is 14.9 Å². The summed E-state index contributed by atoms with van der Waals surface area (Å²) in [5, 5.41) is 13.7. The largest absolute Gasteiger partial charge is 0.489 e. The van der Waals surface area contributed by atoms with Crippen LogP contribution in [0.15, 0.2) is 71.5 Å². The first kappa shape index (κ1) is 22.8. The SMILES string of the molecule is Cc1noc(C)c1COc1cccc(C(=O)Nc2cccc(NC(=O)C(C)n3cccn3)c2)c1. The Labute approximate surface area is 196 Å². The molecule has 2 N–H and O–H groups in total. The van der Waals surface area contributed by atoms with Gasteiger partial charge in [-0.1, -0.05) is 17.3 Å². The molecule has 0 saturated heterocycles. The van der Waals surface area contributed by atoms with Gasteiger partial charge in [0.15, 0.2) is 0 Å². The van der Waals surface area contributed by atoms with E-state index in [2.05, 4.69) is 20.9 Å². The number of hydrogen-bond acceptors (Lipinski definition) is 6. The fourth-order valence-corrected chi connectivity index (χ4v) is 3.35. The second-order valence-corrected chi connectivity index (χ2v) is 7.81. The van der Waals surface area contributed by atoms with Crippen molar-refractivity contribution in [3.8, 4) is 5.75 Å². The second-order valence-electron chi connectivity index (χ2n) is 7.81. The average molecular weight is 460 g/mol. The Hall–Kier alpha value is -4.40. The van der Waals surface area contributed by atoms with Crippen LogP contribution in [0.5, 0.6) is 5.75 Å². The van der Waals surface area contributed by atoms with Gasteiger partial charge in [0.1, 0.15) is 24.2 Å². The van der Waals surface area contributed by atoms with Gasteiger partial charge >= 0.3 is 0 Å². The van der Waals surface area contributed by atoms with Gasteiger partial charge in [0.2, 0.25) is 5.91 Å². The Morgan fingerprint density at radius 2 is 1.82 bits per heavy atom. The van der Waals surface area contributed by atoms with Crippen LogP contribution in [0.2, 0.25) is 0 Å². The molecule has 174 valence electrons. The minimum atomic E-state index is -0.471. The molecule has 9 nitrogen and oxygen atoms in total. The lowest BCUT2D eigenvalue weighted by Crippen LogP contribution is -2.24. The van der Waals surface area contributed by atoms with Gasteiger partial charge in [-0.25, -0.2) is 0 Å². The lowest BCUT2D eigenvalue weighted by molar-refractivity contribution is -0.119. The van der Waals surface area contributed by atoms with Gasteiger partial charge < -0.3 is 19.9 Å². The topological polar surface area (TPSA) is 111 Å². The zero-order valence-electron chi connectivity index (χ0n) is 19.1. The van der Waals surface area contributed by atoms with Crippen LogP contribution in [0.4, 0.5) is 11.4 Å². The highest BCUT2D eigenvalue weighted by Gasteiger charge is 2.16. The number of nitrogens with zero attached hydrogens (tertiary/aromatic N) is 3. The standard InChI is InChI=1S/C25H25N5O4/c1-16-23(18(3)34-29-16)15-33-22-10-4-7-19(13-22)25(32)28-21-9-5-8-20(14-21)27-24(31)17(2)30-12-6-11-26-30/h4-14,17H,15H2,1-3H3,(H,27,31)(H,28,32). The fourth-order valence-electron chi connectivity index (χ4n) is 3.35. The Bertz CT molecular complexity index is 1280. The third kappa shape index (κ3) is 5.32. The average Bonchev–Trinajstić information content (AvgIpc) is 3.48. The molecule has 0 aliphatic rings. The van der Waals surface area contributed by atoms with E-state index in [4.69, 9.17) is 9.26 Å². The normalized spacial score (nSPS) is 11.6. The molecule has 2 heterocycles. The maximum atomic E-state index is 12.8. The van der Waals surface area contributed by atoms with E-state index in [-0.39, 0.29) is 11.8 Å². The van der Waals surface area contributed by atoms with Gasteiger partial charge in [0, 0.05) is 29.3 Å². The smallest absolute Gasteiger partial charge is 0.255 e. The summed E-state index contributed by atoms with van der Waals surface area (Å²) in [4.78, 5) is 25.3. The lowest BCUT2D eigenvalue weighted by atomic mass is 10.2. The number of rotatable bonds is 8. The summed E-state index contributed by atoms with van der Waals surface area (Å²) < 4.78 is 12.6. The number of hydrogen-bond donors (Lipinski definition) is 2. The highest BCUT2D eigenvalue weighted by Crippen LogP contribution is 2.21. The summed E-state index contributed by atoms with van der Waals surface area (Å²) in [6.07, 6.45) is 3.35. The van der Waals surface area contributed by atoms with Crippen LogP contribution in [0, 0.1) is 13.8 Å². The summed E-state index contributed by atoms with van der Waals surface area (Å²) in [6.45, 7) is 5.74. The van der Waals surface area contributed by atoms with E-state index in [1.165, 1.54) is 0 Å². The molecule has 2 aromatic heterocycles. The molecule has 2 aromatic carbocycles. The number of anilines is 2. The first-order valence-corrected chi connectivity index (χ1v) is 10.8. The van der Waals surface area contributed by atoms with Crippen LogP contribution in [-0.2, 0) is 11.4 Å². The summed E-state index contributed by atoms with van der Waals surface area (Å²) in [6, 6.07) is 15.2. The van der Waals surface area contributed by atoms with E-state index in [9.17, 15) is 9.59 Å². The summed E-state index contributed by atoms with van der Waals surface area (Å²) >= 11 is 0. The number of ether oxygens (including phenoxy) is 1. The highest BCUT2D eigenvalue weighted by atomic mass is 16.5. The molecule has 0 fully saturated rings. The summed E-state index contributed by atoms with van der Waals surface area (Å²) in [5.74, 6) is 0.755. The molecule has 1 atom stereocenters. The predicted molar refractivity (Wildman–Crippen MR) is 127 cm³/mol. The van der Waals surface area contributed by atoms with Gasteiger partial charge in [0.05, 0.1) is 11.3 Å². The molecule has 34 heavy (non-hydrogen) atoms. The van der Waals surface area contributed by atoms with Crippen molar-refractivity contribution in [3.63, 3.8) is 0 Å². The van der Waals surface area contributed by atoms with Crippen molar-refractivity contribution in [3.05, 3.63) is 89.6 Å². The second kappa shape index (κ2) is 10.0. The van der Waals surface area contributed by atoms with E-state index < -0.39 is 6.04 Å². The molecule has 0 radical (unpaired) electrons. The van der Waals surface area contributed by atoms with E-state index in [0.717, 1.165) is 11.3 Å². The highest BCUT2D eigenvalue weighted by molar-refractivity contribution is 6.05. The minimum absolute atomic E-state index is 0.213. The van der Waals surface area contributed by atoms with E-state index in [0.29, 0.717) is 35.1 Å². The van der Waals surface area contributed by atoms with Crippen LogP contribution in [0.1, 0.15) is 40.3 Å². The zero-order valence-corrected chi connectivity index (χ0v) is 19.1. The Kier molecular flexibility index (Phi) is 6.72. The number of carbonyl (C=O) groups excluding carboxylic acids is 2. The van der Waals surface area contributed by atoms with E-state index >= 15 is 0 Å². The molecular formula is C25H25N5O4. The van der Waals surface area contributed by atoms with Crippen molar-refractivity contribution >= 4 is 23.2 Å². The first-order valence-electron chi connectivity index (χ1n) is 10.8. The Morgan fingerprint density at radius 1 is 1.06 bits per heavy atom. The first-order chi connectivity index (χ1) is 16.4. The molecule has 2 amide bonds. The van der Waals surface area contributed by atoms with Crippen LogP contribution >= 0.6 is 0 Å². The van der Waals surface area contributed by atoms with Crippen LogP contribution in [-0.4, -0.2) is 26.8 Å². The molecule has 0 bridgehead atoms. The molecule has 4 aromatic rings. The number of nitrogens with one attached hydrogen (secondary N) is 2. The van der Waals surface area contributed by atoms with Crippen molar-refractivity contribution in [2.45, 2.75) is 33.4 Å². The van der Waals surface area contributed by atoms with Crippen LogP contribution in [0.25, 0.3) is 0 Å². The van der Waals surface area contributed by atoms with Crippen molar-refractivity contribution in [1.29, 1.82) is 0 Å². The molecule has 4 rings (SSSR count). The Morgan fingerprint density at radius 3 is 2.53 bits per heavy atom. The van der Waals surface area contributed by atoms with Crippen molar-refractivity contribution < 1.29 is 18.8 Å². The number of aryl methyl sites for hydroxylation is 2. The van der Waals surface area contributed by atoms with E-state index in [1.54, 1.807) is 78.6 Å². The summed E-state index contributed by atoms with van der Waals surface area (Å²) in [5.41, 5.74) is 3.22. The van der Waals surface area contributed by atoms with Gasteiger partial charge in [-0.05, 0) is 63.2 Å². The predicted octanol–water partition coefficient (Wildman–Crippen LogP) is 4.52. The maximum Gasteiger partial charge on any atom is 0.255 e. The maximum absolute atomic E-state index is 12.8. The molecule has 0 spiro atoms. The van der Waals surface area contributed by atoms with Gasteiger partial charge in [0.25, 0.3) is 5.91 Å². The van der Waals surface area contributed by atoms with Gasteiger partial charge in [-0.15, -0.1) is 0 Å². The third-order valence-corrected chi connectivity index (χ3v) is 5.35. The Balaban J connectivity index is 1.39. The third-order valence-electron chi connectivity index (χ3n) is 5.35. The monoisotopic (exact) mass is 459 g/mol. The molecule has 9 heteroatoms. The van der Waals surface area contributed by atoms with Crippen molar-refractivity contribution in [2.24, 2.45) is 0 Å². The number of benzene rings is 2. The number of carbonyl (C=O) groups is 2. The van der Waals surface area contributed by atoms with Crippen LogP contribution < -0.4 is 15.4 Å². The van der Waals surface area contributed by atoms with Gasteiger partial charge in [-0.2, -0.15) is 5.10 Å². The lowest BCUT2D eigenvalue weighted by Gasteiger charge is -2.14. The van der Waals surface area contributed by atoms with Crippen molar-refractivity contribution in [2.75, 3.05) is 10.6 Å². The molecule has 1 unspecified atom stereocenters. The van der Waals surface area contributed by atoms with Gasteiger partial charge in [-0.3, -0.25) is 14.3 Å². The minimum Gasteiger partial charge on any atom is -0.489 e.